The molecule has 0 atom stereocenters. The minimum atomic E-state index is -0.521. The van der Waals surface area contributed by atoms with Crippen LogP contribution in [0.4, 0.5) is 5.69 Å². The number of rotatable bonds is 8. The summed E-state index contributed by atoms with van der Waals surface area (Å²) in [5, 5.41) is 30.2. The number of methoxy groups -OCH3 is 1. The number of halogens is 1. The van der Waals surface area contributed by atoms with Gasteiger partial charge in [-0.2, -0.15) is 0 Å². The van der Waals surface area contributed by atoms with Gasteiger partial charge in [0, 0.05) is 23.8 Å². The molecule has 0 heterocycles. The Morgan fingerprint density at radius 1 is 1.03 bits per heavy atom. The van der Waals surface area contributed by atoms with Crippen molar-refractivity contribution < 1.29 is 24.6 Å². The Bertz CT molecular complexity index is 1130. The Morgan fingerprint density at radius 3 is 2.48 bits per heavy atom. The van der Waals surface area contributed by atoms with E-state index in [-0.39, 0.29) is 28.8 Å². The van der Waals surface area contributed by atoms with E-state index in [4.69, 9.17) is 21.1 Å². The molecule has 0 spiro atoms. The van der Waals surface area contributed by atoms with E-state index in [2.05, 4.69) is 0 Å². The molecule has 0 aliphatic rings. The molecule has 0 aliphatic heterocycles. The predicted molar refractivity (Wildman–Crippen MR) is 118 cm³/mol. The van der Waals surface area contributed by atoms with Gasteiger partial charge in [0.1, 0.15) is 29.6 Å². The van der Waals surface area contributed by atoms with Crippen LogP contribution < -0.4 is 9.47 Å². The number of phenols is 2. The van der Waals surface area contributed by atoms with E-state index in [1.165, 1.54) is 30.3 Å². The third kappa shape index (κ3) is 5.67. The summed E-state index contributed by atoms with van der Waals surface area (Å²) in [5.74, 6) is 1.01. The molecule has 0 fully saturated rings. The van der Waals surface area contributed by atoms with Gasteiger partial charge in [-0.1, -0.05) is 35.9 Å². The molecule has 31 heavy (non-hydrogen) atoms. The first-order valence-electron chi connectivity index (χ1n) is 9.28. The smallest absolute Gasteiger partial charge is 0.271 e. The molecule has 0 saturated carbocycles. The number of nitrogens with zero attached hydrogens (tertiary/aromatic N) is 1. The molecule has 0 unspecified atom stereocenters. The Balaban J connectivity index is 1.72. The zero-order valence-electron chi connectivity index (χ0n) is 16.6. The lowest BCUT2D eigenvalue weighted by molar-refractivity contribution is -0.384. The summed E-state index contributed by atoms with van der Waals surface area (Å²) < 4.78 is 11.1. The molecule has 0 radical (unpaired) electrons. The summed E-state index contributed by atoms with van der Waals surface area (Å²) in [5.41, 5.74) is 2.25. The van der Waals surface area contributed by atoms with Crippen molar-refractivity contribution in [2.75, 3.05) is 7.11 Å². The lowest BCUT2D eigenvalue weighted by Crippen LogP contribution is -2.00. The molecule has 2 N–H and O–H groups in total. The monoisotopic (exact) mass is 441 g/mol. The van der Waals surface area contributed by atoms with Crippen molar-refractivity contribution >= 4 is 23.4 Å². The van der Waals surface area contributed by atoms with Gasteiger partial charge in [-0.15, -0.1) is 0 Å². The van der Waals surface area contributed by atoms with E-state index in [9.17, 15) is 20.3 Å². The minimum absolute atomic E-state index is 0.0122. The summed E-state index contributed by atoms with van der Waals surface area (Å²) in [4.78, 5) is 10.3. The molecule has 3 aromatic carbocycles. The van der Waals surface area contributed by atoms with Crippen molar-refractivity contribution in [3.05, 3.63) is 92.5 Å². The first-order chi connectivity index (χ1) is 14.9. The number of benzene rings is 3. The van der Waals surface area contributed by atoms with E-state index in [0.717, 1.165) is 11.1 Å². The number of hydrogen-bond donors (Lipinski definition) is 2. The fourth-order valence-corrected chi connectivity index (χ4v) is 3.17. The zero-order valence-corrected chi connectivity index (χ0v) is 17.4. The number of hydrogen-bond acceptors (Lipinski definition) is 6. The van der Waals surface area contributed by atoms with Crippen LogP contribution in [0.2, 0.25) is 5.02 Å². The SMILES string of the molecule is COc1ccc(/C=C/Cc2ccc(O)cc2O)cc1COc1ccc([N+](=O)[O-])cc1Cl. The molecule has 0 bridgehead atoms. The van der Waals surface area contributed by atoms with E-state index >= 15 is 0 Å². The van der Waals surface area contributed by atoms with E-state index in [1.807, 2.05) is 30.4 Å². The highest BCUT2D eigenvalue weighted by atomic mass is 35.5. The van der Waals surface area contributed by atoms with Gasteiger partial charge in [0.2, 0.25) is 0 Å². The molecule has 8 heteroatoms. The maximum atomic E-state index is 10.8. The zero-order chi connectivity index (χ0) is 22.4. The van der Waals surface area contributed by atoms with Crippen molar-refractivity contribution in [3.63, 3.8) is 0 Å². The molecule has 3 rings (SSSR count). The molecular formula is C23H20ClNO6. The number of ether oxygens (including phenoxy) is 2. The van der Waals surface area contributed by atoms with Gasteiger partial charge in [-0.05, 0) is 41.8 Å². The molecule has 3 aromatic rings. The van der Waals surface area contributed by atoms with Gasteiger partial charge in [0.25, 0.3) is 5.69 Å². The lowest BCUT2D eigenvalue weighted by Gasteiger charge is -2.12. The molecule has 0 amide bonds. The fourth-order valence-electron chi connectivity index (χ4n) is 2.94. The quantitative estimate of drug-likeness (QED) is 0.353. The van der Waals surface area contributed by atoms with Gasteiger partial charge in [-0.25, -0.2) is 0 Å². The highest BCUT2D eigenvalue weighted by molar-refractivity contribution is 6.32. The third-order valence-electron chi connectivity index (χ3n) is 4.53. The van der Waals surface area contributed by atoms with E-state index in [0.29, 0.717) is 23.5 Å². The summed E-state index contributed by atoms with van der Waals surface area (Å²) in [6.45, 7) is 0.154. The normalized spacial score (nSPS) is 10.9. The Hall–Kier alpha value is -3.71. The maximum Gasteiger partial charge on any atom is 0.271 e. The van der Waals surface area contributed by atoms with Crippen LogP contribution in [0.1, 0.15) is 16.7 Å². The summed E-state index contributed by atoms with van der Waals surface area (Å²) in [7, 11) is 1.56. The minimum Gasteiger partial charge on any atom is -0.508 e. The van der Waals surface area contributed by atoms with Crippen LogP contribution in [0.15, 0.2) is 60.7 Å². The Kier molecular flexibility index (Phi) is 6.99. The summed E-state index contributed by atoms with van der Waals surface area (Å²) in [6.07, 6.45) is 4.28. The number of phenolic OH excluding ortho intramolecular Hbond substituents is 2. The van der Waals surface area contributed by atoms with Crippen molar-refractivity contribution in [2.45, 2.75) is 13.0 Å². The highest BCUT2D eigenvalue weighted by Crippen LogP contribution is 2.30. The van der Waals surface area contributed by atoms with Crippen LogP contribution in [0, 0.1) is 10.1 Å². The van der Waals surface area contributed by atoms with Crippen LogP contribution in [-0.2, 0) is 13.0 Å². The molecule has 160 valence electrons. The summed E-state index contributed by atoms with van der Waals surface area (Å²) in [6, 6.07) is 14.1. The van der Waals surface area contributed by atoms with Gasteiger partial charge in [0.15, 0.2) is 0 Å². The largest absolute Gasteiger partial charge is 0.508 e. The number of non-ortho nitro benzene ring substituents is 1. The molecule has 0 aromatic heterocycles. The molecule has 0 aliphatic carbocycles. The molecule has 7 nitrogen and oxygen atoms in total. The van der Waals surface area contributed by atoms with Gasteiger partial charge >= 0.3 is 0 Å². The van der Waals surface area contributed by atoms with Gasteiger partial charge in [-0.3, -0.25) is 10.1 Å². The second kappa shape index (κ2) is 9.86. The Morgan fingerprint density at radius 2 is 1.81 bits per heavy atom. The highest BCUT2D eigenvalue weighted by Gasteiger charge is 2.12. The van der Waals surface area contributed by atoms with Crippen LogP contribution in [0.25, 0.3) is 6.08 Å². The van der Waals surface area contributed by atoms with Crippen LogP contribution in [0.3, 0.4) is 0 Å². The number of allylic oxidation sites excluding steroid dienone is 1. The second-order valence-corrected chi connectivity index (χ2v) is 7.06. The number of nitro groups is 1. The number of aromatic hydroxyl groups is 2. The topological polar surface area (TPSA) is 102 Å². The lowest BCUT2D eigenvalue weighted by atomic mass is 10.1. The fraction of sp³-hybridized carbons (Fsp3) is 0.130. The van der Waals surface area contributed by atoms with Crippen LogP contribution >= 0.6 is 11.6 Å². The average Bonchev–Trinajstić information content (AvgIpc) is 2.74. The molecular weight excluding hydrogens is 422 g/mol. The second-order valence-electron chi connectivity index (χ2n) is 6.65. The third-order valence-corrected chi connectivity index (χ3v) is 4.83. The standard InChI is InChI=1S/C23H20ClNO6/c1-30-22-9-5-15(3-2-4-16-6-8-19(26)13-21(16)27)11-17(22)14-31-23-10-7-18(25(28)29)12-20(23)24/h2-3,5-13,26-27H,4,14H2,1H3/b3-2+. The predicted octanol–water partition coefficient (Wildman–Crippen LogP) is 5.50. The van der Waals surface area contributed by atoms with Crippen molar-refractivity contribution in [1.82, 2.24) is 0 Å². The first kappa shape index (κ1) is 22.0. The van der Waals surface area contributed by atoms with E-state index < -0.39 is 4.92 Å². The van der Waals surface area contributed by atoms with Gasteiger partial charge < -0.3 is 19.7 Å². The van der Waals surface area contributed by atoms with Crippen LogP contribution in [-0.4, -0.2) is 22.2 Å². The summed E-state index contributed by atoms with van der Waals surface area (Å²) >= 11 is 6.09. The number of nitro benzene ring substituents is 1. The van der Waals surface area contributed by atoms with Gasteiger partial charge in [0.05, 0.1) is 17.1 Å². The van der Waals surface area contributed by atoms with Crippen LogP contribution in [0.5, 0.6) is 23.0 Å². The average molecular weight is 442 g/mol. The first-order valence-corrected chi connectivity index (χ1v) is 9.66. The maximum absolute atomic E-state index is 10.8. The van der Waals surface area contributed by atoms with Crippen molar-refractivity contribution in [1.29, 1.82) is 0 Å². The van der Waals surface area contributed by atoms with Crippen molar-refractivity contribution in [3.8, 4) is 23.0 Å². The van der Waals surface area contributed by atoms with Crippen molar-refractivity contribution in [2.24, 2.45) is 0 Å². The molecule has 0 saturated heterocycles. The van der Waals surface area contributed by atoms with E-state index in [1.54, 1.807) is 13.2 Å². The Labute approximate surface area is 183 Å².